The lowest BCUT2D eigenvalue weighted by molar-refractivity contribution is 0.336. The van der Waals surface area contributed by atoms with E-state index in [0.717, 1.165) is 17.1 Å². The van der Waals surface area contributed by atoms with Gasteiger partial charge in [-0.3, -0.25) is 0 Å². The van der Waals surface area contributed by atoms with E-state index in [9.17, 15) is 0 Å². The van der Waals surface area contributed by atoms with E-state index in [4.69, 9.17) is 0 Å². The molecule has 2 unspecified atom stereocenters. The minimum atomic E-state index is -0.514. The molecule has 0 fully saturated rings. The van der Waals surface area contributed by atoms with Crippen molar-refractivity contribution in [2.45, 2.75) is 45.6 Å². The Morgan fingerprint density at radius 2 is 1.05 bits per heavy atom. The van der Waals surface area contributed by atoms with Gasteiger partial charge in [0.15, 0.2) is 0 Å². The monoisotopic (exact) mass is 757 g/mol. The molecule has 4 heteroatoms. The predicted molar refractivity (Wildman–Crippen MR) is 250 cm³/mol. The fourth-order valence-electron chi connectivity index (χ4n) is 11.5. The predicted octanol–water partition coefficient (Wildman–Crippen LogP) is 11.7. The zero-order chi connectivity index (χ0) is 39.8. The number of fused-ring (bicyclic) bond motifs is 7. The molecule has 282 valence electrons. The van der Waals surface area contributed by atoms with Gasteiger partial charge in [-0.1, -0.05) is 138 Å². The standard InChI is InChI=1S/C55H44BN3/c1-35-26-27-48-43(28-35)44-29-36(2)31-46-52(44)58(48)49-33-42(57(40-22-14-8-15-23-40)41-24-16-9-17-25-41)34-50-51(49)56(46)47-32-37(3)30-45-53(47)59(50)55(5,39-20-12-7-13-21-39)54(45,4)38-18-10-6-11-19-38/h6-34H,1-5H3. The number of nitrogens with zero attached hydrogens (tertiary/aromatic N) is 3. The van der Waals surface area contributed by atoms with E-state index in [2.05, 4.69) is 225 Å². The molecule has 8 aromatic carbocycles. The molecule has 3 nitrogen and oxygen atoms in total. The molecule has 1 aromatic heterocycles. The first-order valence-electron chi connectivity index (χ1n) is 21.0. The number of para-hydroxylation sites is 2. The van der Waals surface area contributed by atoms with Gasteiger partial charge in [-0.2, -0.15) is 0 Å². The van der Waals surface area contributed by atoms with E-state index in [-0.39, 0.29) is 6.71 Å². The average Bonchev–Trinajstić information content (AvgIpc) is 3.69. The van der Waals surface area contributed by atoms with Crippen molar-refractivity contribution in [3.8, 4) is 5.69 Å². The summed E-state index contributed by atoms with van der Waals surface area (Å²) in [7, 11) is 0. The highest BCUT2D eigenvalue weighted by atomic mass is 15.3. The number of anilines is 5. The summed E-state index contributed by atoms with van der Waals surface area (Å²) in [6, 6.07) is 66.3. The van der Waals surface area contributed by atoms with E-state index in [1.165, 1.54) is 88.6 Å². The van der Waals surface area contributed by atoms with Crippen molar-refractivity contribution in [3.63, 3.8) is 0 Å². The van der Waals surface area contributed by atoms with Crippen LogP contribution in [0.2, 0.25) is 0 Å². The Balaban J connectivity index is 1.29. The molecular formula is C55H44BN3. The summed E-state index contributed by atoms with van der Waals surface area (Å²) in [6.07, 6.45) is 0. The molecule has 3 aliphatic heterocycles. The molecule has 0 radical (unpaired) electrons. The van der Waals surface area contributed by atoms with E-state index in [0.29, 0.717) is 0 Å². The van der Waals surface area contributed by atoms with Gasteiger partial charge in [0.05, 0.1) is 16.7 Å². The lowest BCUT2D eigenvalue weighted by Gasteiger charge is -2.50. The van der Waals surface area contributed by atoms with Crippen molar-refractivity contribution in [1.29, 1.82) is 0 Å². The molecule has 4 heterocycles. The SMILES string of the molecule is Cc1cc2c3c(c1)C(C)(c1ccccc1)C(C)(c1ccccc1)N3c1cc(N(c3ccccc3)c3ccccc3)cc3c1B2c1cc(C)cc2c4cc(C)ccc4n-3c12. The van der Waals surface area contributed by atoms with Crippen LogP contribution >= 0.6 is 0 Å². The van der Waals surface area contributed by atoms with Crippen LogP contribution in [0.4, 0.5) is 28.4 Å². The number of rotatable bonds is 5. The highest BCUT2D eigenvalue weighted by Gasteiger charge is 2.62. The van der Waals surface area contributed by atoms with Gasteiger partial charge in [0.2, 0.25) is 0 Å². The van der Waals surface area contributed by atoms with Gasteiger partial charge in [0.1, 0.15) is 0 Å². The molecule has 0 saturated heterocycles. The van der Waals surface area contributed by atoms with Gasteiger partial charge in [0, 0.05) is 50.1 Å². The summed E-state index contributed by atoms with van der Waals surface area (Å²) in [4.78, 5) is 5.22. The van der Waals surface area contributed by atoms with Crippen molar-refractivity contribution in [2.24, 2.45) is 0 Å². The molecule has 3 aliphatic rings. The number of aryl methyl sites for hydroxylation is 3. The molecule has 0 saturated carbocycles. The van der Waals surface area contributed by atoms with Crippen LogP contribution in [-0.2, 0) is 11.0 Å². The maximum absolute atomic E-state index is 2.78. The Hall–Kier alpha value is -6.78. The first-order chi connectivity index (χ1) is 28.8. The third kappa shape index (κ3) is 4.44. The third-order valence-corrected chi connectivity index (χ3v) is 14.1. The highest BCUT2D eigenvalue weighted by molar-refractivity contribution is 7.00. The summed E-state index contributed by atoms with van der Waals surface area (Å²) in [5.74, 6) is 0. The summed E-state index contributed by atoms with van der Waals surface area (Å²) in [5.41, 5.74) is 20.9. The van der Waals surface area contributed by atoms with E-state index < -0.39 is 11.0 Å². The first kappa shape index (κ1) is 34.3. The summed E-state index contributed by atoms with van der Waals surface area (Å²) < 4.78 is 2.61. The highest BCUT2D eigenvalue weighted by Crippen LogP contribution is 2.63. The van der Waals surface area contributed by atoms with Crippen LogP contribution in [0.3, 0.4) is 0 Å². The number of hydrogen-bond donors (Lipinski definition) is 0. The van der Waals surface area contributed by atoms with Gasteiger partial charge in [-0.05, 0) is 122 Å². The van der Waals surface area contributed by atoms with Crippen molar-refractivity contribution in [2.75, 3.05) is 9.80 Å². The second-order valence-corrected chi connectivity index (χ2v) is 17.5. The van der Waals surface area contributed by atoms with Crippen LogP contribution in [0.1, 0.15) is 47.2 Å². The molecule has 59 heavy (non-hydrogen) atoms. The van der Waals surface area contributed by atoms with Crippen LogP contribution in [0, 0.1) is 20.8 Å². The Kier molecular flexibility index (Phi) is 7.05. The van der Waals surface area contributed by atoms with Gasteiger partial charge in [0.25, 0.3) is 6.71 Å². The largest absolute Gasteiger partial charge is 0.331 e. The molecule has 0 bridgehead atoms. The average molecular weight is 758 g/mol. The minimum Gasteiger partial charge on any atom is -0.331 e. The Morgan fingerprint density at radius 1 is 0.492 bits per heavy atom. The van der Waals surface area contributed by atoms with Crippen molar-refractivity contribution >= 4 is 73.3 Å². The van der Waals surface area contributed by atoms with Crippen LogP contribution in [0.25, 0.3) is 27.5 Å². The smallest absolute Gasteiger partial charge is 0.252 e. The van der Waals surface area contributed by atoms with Crippen LogP contribution in [0.15, 0.2) is 176 Å². The molecule has 2 atom stereocenters. The maximum atomic E-state index is 2.78. The van der Waals surface area contributed by atoms with Crippen molar-refractivity contribution in [1.82, 2.24) is 4.57 Å². The van der Waals surface area contributed by atoms with E-state index in [1.54, 1.807) is 0 Å². The Bertz CT molecular complexity index is 3130. The zero-order valence-electron chi connectivity index (χ0n) is 34.2. The van der Waals surface area contributed by atoms with Gasteiger partial charge < -0.3 is 14.4 Å². The third-order valence-electron chi connectivity index (χ3n) is 14.1. The van der Waals surface area contributed by atoms with E-state index in [1.807, 2.05) is 0 Å². The van der Waals surface area contributed by atoms with Crippen molar-refractivity contribution < 1.29 is 0 Å². The molecule has 0 amide bonds. The Morgan fingerprint density at radius 3 is 1.71 bits per heavy atom. The lowest BCUT2D eigenvalue weighted by Crippen LogP contribution is -2.63. The summed E-state index contributed by atoms with van der Waals surface area (Å²) >= 11 is 0. The quantitative estimate of drug-likeness (QED) is 0.162. The second kappa shape index (κ2) is 12.1. The fourth-order valence-corrected chi connectivity index (χ4v) is 11.5. The zero-order valence-corrected chi connectivity index (χ0v) is 34.2. The molecule has 0 aliphatic carbocycles. The molecular weight excluding hydrogens is 713 g/mol. The second-order valence-electron chi connectivity index (χ2n) is 17.5. The van der Waals surface area contributed by atoms with Gasteiger partial charge in [-0.25, -0.2) is 0 Å². The van der Waals surface area contributed by atoms with Gasteiger partial charge >= 0.3 is 0 Å². The first-order valence-corrected chi connectivity index (χ1v) is 21.0. The van der Waals surface area contributed by atoms with E-state index >= 15 is 0 Å². The summed E-state index contributed by atoms with van der Waals surface area (Å²) in [5, 5.41) is 2.64. The molecule has 0 spiro atoms. The summed E-state index contributed by atoms with van der Waals surface area (Å²) in [6.45, 7) is 11.9. The normalized spacial score (nSPS) is 18.3. The number of hydrogen-bond acceptors (Lipinski definition) is 2. The van der Waals surface area contributed by atoms with Gasteiger partial charge in [-0.15, -0.1) is 0 Å². The van der Waals surface area contributed by atoms with Crippen LogP contribution < -0.4 is 26.2 Å². The van der Waals surface area contributed by atoms with Crippen molar-refractivity contribution in [3.05, 3.63) is 209 Å². The topological polar surface area (TPSA) is 11.4 Å². The van der Waals surface area contributed by atoms with Crippen LogP contribution in [-0.4, -0.2) is 11.3 Å². The number of benzene rings is 8. The van der Waals surface area contributed by atoms with Crippen LogP contribution in [0.5, 0.6) is 0 Å². The Labute approximate surface area is 346 Å². The molecule has 0 N–H and O–H groups in total. The molecule has 12 rings (SSSR count). The maximum Gasteiger partial charge on any atom is 0.252 e. The molecule has 9 aromatic rings. The minimum absolute atomic E-state index is 0.0410. The lowest BCUT2D eigenvalue weighted by atomic mass is 9.33. The number of aromatic nitrogens is 1. The fraction of sp³-hybridized carbons (Fsp3) is 0.127.